The zero-order valence-corrected chi connectivity index (χ0v) is 18.1. The number of carbonyl (C=O) groups is 1. The van der Waals surface area contributed by atoms with E-state index >= 15 is 0 Å². The van der Waals surface area contributed by atoms with Crippen molar-refractivity contribution in [2.24, 2.45) is 0 Å². The molecule has 0 saturated carbocycles. The van der Waals surface area contributed by atoms with Crippen molar-refractivity contribution in [1.29, 1.82) is 0 Å². The van der Waals surface area contributed by atoms with Crippen LogP contribution >= 0.6 is 22.9 Å². The maximum atomic E-state index is 13.2. The minimum absolute atomic E-state index is 0.0434. The summed E-state index contributed by atoms with van der Waals surface area (Å²) in [6.45, 7) is 5.38. The molecule has 0 aliphatic carbocycles. The highest BCUT2D eigenvalue weighted by molar-refractivity contribution is 7.22. The molecule has 1 saturated heterocycles. The zero-order chi connectivity index (χ0) is 20.4. The Morgan fingerprint density at radius 2 is 2.07 bits per heavy atom. The maximum absolute atomic E-state index is 13.2. The summed E-state index contributed by atoms with van der Waals surface area (Å²) in [5.41, 5.74) is 4.07. The summed E-state index contributed by atoms with van der Waals surface area (Å²) < 4.78 is 6.92. The van der Waals surface area contributed by atoms with E-state index in [-0.39, 0.29) is 12.0 Å². The van der Waals surface area contributed by atoms with Gasteiger partial charge in [-0.1, -0.05) is 53.3 Å². The second-order valence-corrected chi connectivity index (χ2v) is 8.70. The lowest BCUT2D eigenvalue weighted by molar-refractivity contribution is -0.114. The first-order valence-electron chi connectivity index (χ1n) is 9.75. The molecule has 3 aromatic rings. The fourth-order valence-corrected chi connectivity index (χ4v) is 4.80. The van der Waals surface area contributed by atoms with Crippen molar-refractivity contribution in [3.63, 3.8) is 0 Å². The Hall–Kier alpha value is -2.21. The van der Waals surface area contributed by atoms with Gasteiger partial charge in [0.2, 0.25) is 0 Å². The van der Waals surface area contributed by atoms with Crippen molar-refractivity contribution in [2.75, 3.05) is 18.1 Å². The smallest absolute Gasteiger partial charge is 0.252 e. The van der Waals surface area contributed by atoms with Gasteiger partial charge in [0.15, 0.2) is 5.13 Å². The second-order valence-electron chi connectivity index (χ2n) is 7.31. The molecule has 1 fully saturated rings. The first-order valence-corrected chi connectivity index (χ1v) is 10.9. The lowest BCUT2D eigenvalue weighted by Gasteiger charge is -2.21. The number of carbonyl (C=O) groups excluding carboxylic acids is 1. The number of rotatable bonds is 5. The van der Waals surface area contributed by atoms with Gasteiger partial charge in [0, 0.05) is 17.7 Å². The number of fused-ring (bicyclic) bond motifs is 1. The van der Waals surface area contributed by atoms with Gasteiger partial charge < -0.3 is 4.74 Å². The van der Waals surface area contributed by atoms with Crippen LogP contribution in [-0.2, 0) is 9.53 Å². The van der Waals surface area contributed by atoms with Crippen LogP contribution < -0.4 is 4.90 Å². The van der Waals surface area contributed by atoms with Crippen LogP contribution in [-0.4, -0.2) is 30.1 Å². The minimum Gasteiger partial charge on any atom is -0.376 e. The Labute approximate surface area is 179 Å². The number of benzene rings is 2. The fraction of sp³-hybridized carbons (Fsp3) is 0.304. The average molecular weight is 427 g/mol. The molecular formula is C23H23ClN2O2S. The molecule has 0 spiro atoms. The number of thiazole rings is 1. The second kappa shape index (κ2) is 8.66. The molecule has 1 amide bonds. The zero-order valence-electron chi connectivity index (χ0n) is 16.5. The Morgan fingerprint density at radius 3 is 2.79 bits per heavy atom. The largest absolute Gasteiger partial charge is 0.376 e. The van der Waals surface area contributed by atoms with Gasteiger partial charge in [-0.2, -0.15) is 0 Å². The van der Waals surface area contributed by atoms with Gasteiger partial charge in [0.1, 0.15) is 0 Å². The molecule has 4 nitrogen and oxygen atoms in total. The van der Waals surface area contributed by atoms with Crippen molar-refractivity contribution < 1.29 is 9.53 Å². The van der Waals surface area contributed by atoms with E-state index in [1.165, 1.54) is 5.56 Å². The minimum atomic E-state index is -0.116. The van der Waals surface area contributed by atoms with E-state index in [4.69, 9.17) is 21.3 Å². The average Bonchev–Trinajstić information content (AvgIpc) is 3.38. The number of halogens is 1. The normalized spacial score (nSPS) is 16.7. The summed E-state index contributed by atoms with van der Waals surface area (Å²) in [5.74, 6) is -0.116. The van der Waals surface area contributed by atoms with Gasteiger partial charge in [-0.25, -0.2) is 4.98 Å². The molecule has 1 aromatic heterocycles. The molecule has 0 bridgehead atoms. The molecule has 1 unspecified atom stereocenters. The third-order valence-corrected chi connectivity index (χ3v) is 6.71. The summed E-state index contributed by atoms with van der Waals surface area (Å²) >= 11 is 7.78. The highest BCUT2D eigenvalue weighted by Crippen LogP contribution is 2.34. The molecule has 2 aromatic carbocycles. The van der Waals surface area contributed by atoms with Crippen molar-refractivity contribution in [2.45, 2.75) is 32.8 Å². The van der Waals surface area contributed by atoms with Crippen molar-refractivity contribution in [3.8, 4) is 0 Å². The lowest BCUT2D eigenvalue weighted by Crippen LogP contribution is -2.36. The van der Waals surface area contributed by atoms with Crippen molar-refractivity contribution in [3.05, 3.63) is 64.2 Å². The van der Waals surface area contributed by atoms with Crippen LogP contribution in [0.2, 0.25) is 5.02 Å². The van der Waals surface area contributed by atoms with Crippen LogP contribution in [0.5, 0.6) is 0 Å². The summed E-state index contributed by atoms with van der Waals surface area (Å²) in [6.07, 6.45) is 5.36. The number of aromatic nitrogens is 1. The number of anilines is 1. The monoisotopic (exact) mass is 426 g/mol. The molecule has 2 heterocycles. The quantitative estimate of drug-likeness (QED) is 0.485. The molecule has 1 atom stereocenters. The number of amides is 1. The highest BCUT2D eigenvalue weighted by Gasteiger charge is 2.25. The SMILES string of the molecule is Cc1ccc(C)c2sc(N(CC3CCCO3)C(=O)/C=C/c3ccccc3Cl)nc12. The summed E-state index contributed by atoms with van der Waals surface area (Å²) in [6, 6.07) is 11.7. The number of hydrogen-bond donors (Lipinski definition) is 0. The first-order chi connectivity index (χ1) is 14.0. The standard InChI is InChI=1S/C23H23ClN2O2S/c1-15-9-10-16(2)22-21(15)25-23(29-22)26(14-18-7-5-13-28-18)20(27)12-11-17-6-3-4-8-19(17)24/h3-4,6,8-12,18H,5,7,13-14H2,1-2H3/b12-11+. The Morgan fingerprint density at radius 1 is 1.28 bits per heavy atom. The van der Waals surface area contributed by atoms with Crippen LogP contribution in [0.4, 0.5) is 5.13 Å². The predicted molar refractivity (Wildman–Crippen MR) is 121 cm³/mol. The van der Waals surface area contributed by atoms with E-state index in [2.05, 4.69) is 26.0 Å². The van der Waals surface area contributed by atoms with Crippen LogP contribution in [0.1, 0.15) is 29.5 Å². The van der Waals surface area contributed by atoms with Crippen LogP contribution in [0, 0.1) is 13.8 Å². The predicted octanol–water partition coefficient (Wildman–Crippen LogP) is 5.79. The molecule has 150 valence electrons. The van der Waals surface area contributed by atoms with E-state index in [1.54, 1.807) is 28.4 Å². The molecule has 6 heteroatoms. The van der Waals surface area contributed by atoms with Crippen LogP contribution in [0.25, 0.3) is 16.3 Å². The van der Waals surface area contributed by atoms with Gasteiger partial charge in [-0.05, 0) is 55.5 Å². The number of hydrogen-bond acceptors (Lipinski definition) is 4. The Balaban J connectivity index is 1.68. The lowest BCUT2D eigenvalue weighted by atomic mass is 10.1. The highest BCUT2D eigenvalue weighted by atomic mass is 35.5. The molecule has 0 radical (unpaired) electrons. The third kappa shape index (κ3) is 4.37. The van der Waals surface area contributed by atoms with Crippen molar-refractivity contribution in [1.82, 2.24) is 4.98 Å². The van der Waals surface area contributed by atoms with E-state index < -0.39 is 0 Å². The summed E-state index contributed by atoms with van der Waals surface area (Å²) in [5, 5.41) is 1.33. The van der Waals surface area contributed by atoms with Gasteiger partial charge in [-0.15, -0.1) is 0 Å². The molecule has 1 aliphatic rings. The van der Waals surface area contributed by atoms with Crippen LogP contribution in [0.3, 0.4) is 0 Å². The van der Waals surface area contributed by atoms with E-state index in [1.807, 2.05) is 24.3 Å². The molecule has 4 rings (SSSR count). The molecule has 1 aliphatic heterocycles. The Bertz CT molecular complexity index is 1030. The van der Waals surface area contributed by atoms with E-state index in [9.17, 15) is 4.79 Å². The first kappa shape index (κ1) is 20.1. The third-order valence-electron chi connectivity index (χ3n) is 5.15. The van der Waals surface area contributed by atoms with Gasteiger partial charge in [0.25, 0.3) is 5.91 Å². The number of nitrogens with zero attached hydrogens (tertiary/aromatic N) is 2. The number of ether oxygens (including phenoxy) is 1. The van der Waals surface area contributed by atoms with E-state index in [0.717, 1.165) is 40.8 Å². The van der Waals surface area contributed by atoms with Crippen molar-refractivity contribution >= 4 is 50.3 Å². The van der Waals surface area contributed by atoms with Gasteiger partial charge in [-0.3, -0.25) is 9.69 Å². The fourth-order valence-electron chi connectivity index (χ4n) is 3.48. The Kier molecular flexibility index (Phi) is 5.99. The molecular weight excluding hydrogens is 404 g/mol. The molecule has 0 N–H and O–H groups in total. The summed E-state index contributed by atoms with van der Waals surface area (Å²) in [4.78, 5) is 19.7. The van der Waals surface area contributed by atoms with E-state index in [0.29, 0.717) is 16.7 Å². The summed E-state index contributed by atoms with van der Waals surface area (Å²) in [7, 11) is 0. The van der Waals surface area contributed by atoms with Gasteiger partial charge >= 0.3 is 0 Å². The number of aryl methyl sites for hydroxylation is 2. The maximum Gasteiger partial charge on any atom is 0.252 e. The van der Waals surface area contributed by atoms with Gasteiger partial charge in [0.05, 0.1) is 22.9 Å². The van der Waals surface area contributed by atoms with Crippen LogP contribution in [0.15, 0.2) is 42.5 Å². The molecule has 29 heavy (non-hydrogen) atoms. The topological polar surface area (TPSA) is 42.4 Å².